The van der Waals surface area contributed by atoms with E-state index in [9.17, 15) is 4.79 Å². The maximum atomic E-state index is 11.4. The molecule has 0 aromatic rings. The van der Waals surface area contributed by atoms with Crippen molar-refractivity contribution in [2.24, 2.45) is 0 Å². The van der Waals surface area contributed by atoms with Gasteiger partial charge in [0.25, 0.3) is 0 Å². The number of carbonyl (C=O) groups is 1. The molecule has 0 atom stereocenters. The molecule has 15 heavy (non-hydrogen) atoms. The molecule has 0 aliphatic heterocycles. The van der Waals surface area contributed by atoms with E-state index in [4.69, 9.17) is 4.74 Å². The van der Waals surface area contributed by atoms with Gasteiger partial charge in [-0.25, -0.2) is 4.79 Å². The Morgan fingerprint density at radius 2 is 2.27 bits per heavy atom. The van der Waals surface area contributed by atoms with Crippen molar-refractivity contribution in [3.05, 3.63) is 35.5 Å². The molecule has 0 saturated heterocycles. The largest absolute Gasteiger partial charge is 0.462 e. The molecule has 1 aliphatic rings. The molecule has 0 amide bonds. The van der Waals surface area contributed by atoms with Gasteiger partial charge in [-0.3, -0.25) is 0 Å². The molecule has 1 aliphatic carbocycles. The van der Waals surface area contributed by atoms with Crippen LogP contribution in [0.1, 0.15) is 33.1 Å². The van der Waals surface area contributed by atoms with Gasteiger partial charge in [-0.2, -0.15) is 0 Å². The predicted molar refractivity (Wildman–Crippen MR) is 61.5 cm³/mol. The Balaban J connectivity index is 2.53. The lowest BCUT2D eigenvalue weighted by Gasteiger charge is -2.08. The zero-order valence-electron chi connectivity index (χ0n) is 9.45. The molecular formula is C13H18O2. The van der Waals surface area contributed by atoms with Crippen LogP contribution in [0.2, 0.25) is 0 Å². The highest BCUT2D eigenvalue weighted by atomic mass is 16.5. The van der Waals surface area contributed by atoms with Gasteiger partial charge in [0.05, 0.1) is 12.2 Å². The number of ether oxygens (including phenoxy) is 1. The van der Waals surface area contributed by atoms with E-state index in [-0.39, 0.29) is 5.97 Å². The topological polar surface area (TPSA) is 26.3 Å². The predicted octanol–water partition coefficient (Wildman–Crippen LogP) is 3.16. The van der Waals surface area contributed by atoms with Gasteiger partial charge >= 0.3 is 5.97 Å². The van der Waals surface area contributed by atoms with Crippen LogP contribution in [0.5, 0.6) is 0 Å². The van der Waals surface area contributed by atoms with Crippen LogP contribution in [-0.2, 0) is 9.53 Å². The molecule has 0 spiro atoms. The van der Waals surface area contributed by atoms with Crippen molar-refractivity contribution in [2.45, 2.75) is 33.1 Å². The van der Waals surface area contributed by atoms with Crippen molar-refractivity contribution in [2.75, 3.05) is 6.61 Å². The van der Waals surface area contributed by atoms with Crippen molar-refractivity contribution in [1.82, 2.24) is 0 Å². The molecule has 1 rings (SSSR count). The SMILES string of the molecule is CCCC=C1C=CC(C(=O)OCC)=CC1. The van der Waals surface area contributed by atoms with Crippen LogP contribution < -0.4 is 0 Å². The number of carbonyl (C=O) groups excluding carboxylic acids is 1. The van der Waals surface area contributed by atoms with Crippen LogP contribution in [0.15, 0.2) is 35.5 Å². The molecule has 2 nitrogen and oxygen atoms in total. The van der Waals surface area contributed by atoms with Crippen LogP contribution in [0.3, 0.4) is 0 Å². The van der Waals surface area contributed by atoms with Gasteiger partial charge in [-0.1, -0.05) is 31.6 Å². The van der Waals surface area contributed by atoms with Crippen molar-refractivity contribution < 1.29 is 9.53 Å². The van der Waals surface area contributed by atoms with Crippen molar-refractivity contribution >= 4 is 5.97 Å². The Bertz CT molecular complexity index is 308. The molecule has 0 radical (unpaired) electrons. The number of esters is 1. The van der Waals surface area contributed by atoms with E-state index in [1.165, 1.54) is 5.57 Å². The van der Waals surface area contributed by atoms with E-state index in [1.54, 1.807) is 0 Å². The fourth-order valence-electron chi connectivity index (χ4n) is 1.41. The van der Waals surface area contributed by atoms with Crippen molar-refractivity contribution in [1.29, 1.82) is 0 Å². The highest BCUT2D eigenvalue weighted by Gasteiger charge is 2.09. The Morgan fingerprint density at radius 1 is 1.47 bits per heavy atom. The van der Waals surface area contributed by atoms with Gasteiger partial charge in [-0.05, 0) is 31.4 Å². The monoisotopic (exact) mass is 206 g/mol. The zero-order chi connectivity index (χ0) is 11.1. The van der Waals surface area contributed by atoms with Crippen LogP contribution >= 0.6 is 0 Å². The number of hydrogen-bond acceptors (Lipinski definition) is 2. The average molecular weight is 206 g/mol. The smallest absolute Gasteiger partial charge is 0.337 e. The van der Waals surface area contributed by atoms with Crippen LogP contribution in [0.25, 0.3) is 0 Å². The Kier molecular flexibility index (Phi) is 4.88. The molecule has 0 fully saturated rings. The van der Waals surface area contributed by atoms with E-state index in [1.807, 2.05) is 25.2 Å². The van der Waals surface area contributed by atoms with Gasteiger partial charge < -0.3 is 4.74 Å². The number of unbranched alkanes of at least 4 members (excludes halogenated alkanes) is 1. The number of hydrogen-bond donors (Lipinski definition) is 0. The highest BCUT2D eigenvalue weighted by Crippen LogP contribution is 2.17. The number of allylic oxidation sites excluding steroid dienone is 4. The second-order valence-corrected chi connectivity index (χ2v) is 3.49. The zero-order valence-corrected chi connectivity index (χ0v) is 9.45. The third kappa shape index (κ3) is 3.74. The summed E-state index contributed by atoms with van der Waals surface area (Å²) in [6.07, 6.45) is 11.1. The fourth-order valence-corrected chi connectivity index (χ4v) is 1.41. The maximum Gasteiger partial charge on any atom is 0.337 e. The third-order valence-corrected chi connectivity index (χ3v) is 2.24. The molecule has 0 N–H and O–H groups in total. The first kappa shape index (κ1) is 11.8. The molecule has 82 valence electrons. The molecule has 0 aromatic carbocycles. The number of rotatable bonds is 4. The minimum absolute atomic E-state index is 0.219. The Hall–Kier alpha value is -1.31. The molecule has 0 unspecified atom stereocenters. The van der Waals surface area contributed by atoms with Crippen molar-refractivity contribution in [3.8, 4) is 0 Å². The highest BCUT2D eigenvalue weighted by molar-refractivity contribution is 5.92. The Morgan fingerprint density at radius 3 is 2.80 bits per heavy atom. The first-order valence-electron chi connectivity index (χ1n) is 5.52. The Labute approximate surface area is 91.3 Å². The van der Waals surface area contributed by atoms with Crippen molar-refractivity contribution in [3.63, 3.8) is 0 Å². The lowest BCUT2D eigenvalue weighted by atomic mass is 10.0. The second kappa shape index (κ2) is 6.23. The summed E-state index contributed by atoms with van der Waals surface area (Å²) in [5.74, 6) is -0.219. The first-order chi connectivity index (χ1) is 7.27. The molecule has 0 heterocycles. The minimum Gasteiger partial charge on any atom is -0.462 e. The quantitative estimate of drug-likeness (QED) is 0.660. The molecule has 2 heteroatoms. The van der Waals surface area contributed by atoms with Crippen LogP contribution in [-0.4, -0.2) is 12.6 Å². The lowest BCUT2D eigenvalue weighted by molar-refractivity contribution is -0.138. The van der Waals surface area contributed by atoms with Crippen LogP contribution in [0.4, 0.5) is 0 Å². The minimum atomic E-state index is -0.219. The summed E-state index contributed by atoms with van der Waals surface area (Å²) in [6, 6.07) is 0. The lowest BCUT2D eigenvalue weighted by Crippen LogP contribution is -2.07. The first-order valence-corrected chi connectivity index (χ1v) is 5.52. The average Bonchev–Trinajstić information content (AvgIpc) is 2.27. The summed E-state index contributed by atoms with van der Waals surface area (Å²) in [4.78, 5) is 11.4. The van der Waals surface area contributed by atoms with E-state index in [0.29, 0.717) is 12.2 Å². The summed E-state index contributed by atoms with van der Waals surface area (Å²) < 4.78 is 4.92. The van der Waals surface area contributed by atoms with Gasteiger partial charge in [-0.15, -0.1) is 0 Å². The van der Waals surface area contributed by atoms with Crippen LogP contribution in [0, 0.1) is 0 Å². The van der Waals surface area contributed by atoms with Gasteiger partial charge in [0.15, 0.2) is 0 Å². The van der Waals surface area contributed by atoms with Gasteiger partial charge in [0, 0.05) is 0 Å². The standard InChI is InChI=1S/C13H18O2/c1-3-5-6-11-7-9-12(10-8-11)13(14)15-4-2/h6-7,9-10H,3-5,8H2,1-2H3. The molecule has 0 saturated carbocycles. The second-order valence-electron chi connectivity index (χ2n) is 3.49. The van der Waals surface area contributed by atoms with E-state index >= 15 is 0 Å². The summed E-state index contributed by atoms with van der Waals surface area (Å²) in [5, 5.41) is 0. The van der Waals surface area contributed by atoms with E-state index in [2.05, 4.69) is 13.0 Å². The summed E-state index contributed by atoms with van der Waals surface area (Å²) in [5.41, 5.74) is 1.95. The summed E-state index contributed by atoms with van der Waals surface area (Å²) in [6.45, 7) is 4.41. The van der Waals surface area contributed by atoms with E-state index < -0.39 is 0 Å². The molecule has 0 bridgehead atoms. The van der Waals surface area contributed by atoms with Gasteiger partial charge in [0.2, 0.25) is 0 Å². The van der Waals surface area contributed by atoms with Gasteiger partial charge in [0.1, 0.15) is 0 Å². The normalized spacial score (nSPS) is 17.7. The molecule has 0 aromatic heterocycles. The van der Waals surface area contributed by atoms with E-state index in [0.717, 1.165) is 19.3 Å². The fraction of sp³-hybridized carbons (Fsp3) is 0.462. The maximum absolute atomic E-state index is 11.4. The molecular weight excluding hydrogens is 188 g/mol. The summed E-state index contributed by atoms with van der Waals surface area (Å²) in [7, 11) is 0. The summed E-state index contributed by atoms with van der Waals surface area (Å²) >= 11 is 0. The third-order valence-electron chi connectivity index (χ3n) is 2.24.